The van der Waals surface area contributed by atoms with Crippen molar-refractivity contribution in [1.29, 1.82) is 0 Å². The maximum Gasteiger partial charge on any atom is 0.230 e. The van der Waals surface area contributed by atoms with Crippen LogP contribution >= 0.6 is 0 Å². The van der Waals surface area contributed by atoms with Crippen molar-refractivity contribution in [3.05, 3.63) is 30.1 Å². The van der Waals surface area contributed by atoms with E-state index in [1.54, 1.807) is 18.2 Å². The summed E-state index contributed by atoms with van der Waals surface area (Å²) in [6.07, 6.45) is 6.68. The lowest BCUT2D eigenvalue weighted by Gasteiger charge is -2.64. The fraction of sp³-hybridized carbons (Fsp3) is 0.632. The first-order valence-electron chi connectivity index (χ1n) is 8.38. The molecule has 2 nitrogen and oxygen atoms in total. The standard InChI is InChI=1S/C19H24FNO/c1-17-7-13-8-18(2,10-17)12-19(9-13,11-17)16(22)21-15-6-4-3-5-14(15)20/h3-6,13H,7-12H2,1-2H3,(H,21,22). The summed E-state index contributed by atoms with van der Waals surface area (Å²) < 4.78 is 13.9. The number of carbonyl (C=O) groups excluding carboxylic acids is 1. The number of hydrogen-bond donors (Lipinski definition) is 1. The van der Waals surface area contributed by atoms with Gasteiger partial charge in [0.15, 0.2) is 0 Å². The molecule has 1 aromatic rings. The van der Waals surface area contributed by atoms with Crippen LogP contribution in [0.1, 0.15) is 52.4 Å². The van der Waals surface area contributed by atoms with Crippen LogP contribution in [0.15, 0.2) is 24.3 Å². The fourth-order valence-corrected chi connectivity index (χ4v) is 6.52. The molecule has 4 bridgehead atoms. The molecule has 4 aliphatic carbocycles. The van der Waals surface area contributed by atoms with Gasteiger partial charge < -0.3 is 5.32 Å². The molecule has 1 aromatic carbocycles. The number of para-hydroxylation sites is 1. The lowest BCUT2D eigenvalue weighted by molar-refractivity contribution is -0.165. The SMILES string of the molecule is CC12CC3CC(C)(C1)CC(C(=O)Nc1ccccc1F)(C3)C2. The van der Waals surface area contributed by atoms with E-state index in [0.717, 1.165) is 19.3 Å². The molecule has 3 heteroatoms. The van der Waals surface area contributed by atoms with E-state index in [1.165, 1.54) is 25.3 Å². The van der Waals surface area contributed by atoms with Crippen LogP contribution < -0.4 is 5.32 Å². The fourth-order valence-electron chi connectivity index (χ4n) is 6.52. The predicted octanol–water partition coefficient (Wildman–Crippen LogP) is 4.76. The maximum absolute atomic E-state index is 13.9. The minimum atomic E-state index is -0.349. The molecule has 2 unspecified atom stereocenters. The van der Waals surface area contributed by atoms with E-state index in [-0.39, 0.29) is 17.1 Å². The van der Waals surface area contributed by atoms with Gasteiger partial charge in [0, 0.05) is 0 Å². The molecule has 0 aromatic heterocycles. The minimum Gasteiger partial charge on any atom is -0.323 e. The molecule has 5 rings (SSSR count). The number of hydrogen-bond acceptors (Lipinski definition) is 1. The normalized spacial score (nSPS) is 42.4. The smallest absolute Gasteiger partial charge is 0.230 e. The summed E-state index contributed by atoms with van der Waals surface area (Å²) in [5.41, 5.74) is 0.616. The molecule has 22 heavy (non-hydrogen) atoms. The molecule has 118 valence electrons. The first kappa shape index (κ1) is 14.2. The molecule has 0 radical (unpaired) electrons. The van der Waals surface area contributed by atoms with E-state index in [4.69, 9.17) is 0 Å². The second-order valence-corrected chi connectivity index (χ2v) is 8.84. The highest BCUT2D eigenvalue weighted by atomic mass is 19.1. The Balaban J connectivity index is 1.64. The van der Waals surface area contributed by atoms with Gasteiger partial charge in [-0.3, -0.25) is 4.79 Å². The van der Waals surface area contributed by atoms with E-state index in [2.05, 4.69) is 19.2 Å². The second kappa shape index (κ2) is 4.33. The molecule has 0 aliphatic heterocycles. The molecule has 0 saturated heterocycles. The Morgan fingerprint density at radius 3 is 2.32 bits per heavy atom. The zero-order valence-electron chi connectivity index (χ0n) is 13.4. The third-order valence-electron chi connectivity index (χ3n) is 6.23. The van der Waals surface area contributed by atoms with Gasteiger partial charge in [-0.25, -0.2) is 4.39 Å². The van der Waals surface area contributed by atoms with Crippen LogP contribution in [0.25, 0.3) is 0 Å². The first-order chi connectivity index (χ1) is 10.3. The average Bonchev–Trinajstić information content (AvgIpc) is 2.37. The van der Waals surface area contributed by atoms with Crippen molar-refractivity contribution in [2.45, 2.75) is 52.4 Å². The number of nitrogens with one attached hydrogen (secondary N) is 1. The molecule has 0 spiro atoms. The topological polar surface area (TPSA) is 29.1 Å². The number of rotatable bonds is 2. The van der Waals surface area contributed by atoms with Crippen LogP contribution in [0.5, 0.6) is 0 Å². The summed E-state index contributed by atoms with van der Waals surface area (Å²) in [5, 5.41) is 2.89. The van der Waals surface area contributed by atoms with Crippen molar-refractivity contribution in [1.82, 2.24) is 0 Å². The number of amides is 1. The molecule has 4 fully saturated rings. The zero-order valence-corrected chi connectivity index (χ0v) is 13.4. The third kappa shape index (κ3) is 2.09. The highest BCUT2D eigenvalue weighted by molar-refractivity contribution is 5.95. The largest absolute Gasteiger partial charge is 0.323 e. The van der Waals surface area contributed by atoms with Crippen molar-refractivity contribution in [3.8, 4) is 0 Å². The molecular formula is C19H24FNO. The number of halogens is 1. The average molecular weight is 301 g/mol. The van der Waals surface area contributed by atoms with Crippen molar-refractivity contribution >= 4 is 11.6 Å². The Kier molecular flexibility index (Phi) is 2.80. The summed E-state index contributed by atoms with van der Waals surface area (Å²) in [7, 11) is 0. The summed E-state index contributed by atoms with van der Waals surface area (Å²) >= 11 is 0. The van der Waals surface area contributed by atoms with Crippen LogP contribution in [0.3, 0.4) is 0 Å². The van der Waals surface area contributed by atoms with Gasteiger partial charge in [0.2, 0.25) is 5.91 Å². The zero-order chi connectivity index (χ0) is 15.6. The van der Waals surface area contributed by atoms with Crippen LogP contribution in [-0.4, -0.2) is 5.91 Å². The lowest BCUT2D eigenvalue weighted by Crippen LogP contribution is -2.58. The van der Waals surface area contributed by atoms with Gasteiger partial charge in [0.1, 0.15) is 5.82 Å². The summed E-state index contributed by atoms with van der Waals surface area (Å²) in [4.78, 5) is 13.0. The molecule has 4 saturated carbocycles. The molecule has 4 aliphatic rings. The van der Waals surface area contributed by atoms with Gasteiger partial charge >= 0.3 is 0 Å². The Hall–Kier alpha value is -1.38. The van der Waals surface area contributed by atoms with Crippen molar-refractivity contribution in [2.75, 3.05) is 5.32 Å². The van der Waals surface area contributed by atoms with E-state index in [9.17, 15) is 9.18 Å². The van der Waals surface area contributed by atoms with E-state index in [1.807, 2.05) is 0 Å². The molecule has 1 amide bonds. The van der Waals surface area contributed by atoms with Crippen LogP contribution in [0.4, 0.5) is 10.1 Å². The second-order valence-electron chi connectivity index (χ2n) is 8.84. The Bertz CT molecular complexity index is 622. The Labute approximate surface area is 131 Å². The Morgan fingerprint density at radius 2 is 1.73 bits per heavy atom. The number of carbonyl (C=O) groups is 1. The molecule has 2 atom stereocenters. The number of benzene rings is 1. The molecule has 0 heterocycles. The van der Waals surface area contributed by atoms with Crippen LogP contribution in [0.2, 0.25) is 0 Å². The van der Waals surface area contributed by atoms with Gasteiger partial charge in [0.25, 0.3) is 0 Å². The van der Waals surface area contributed by atoms with Gasteiger partial charge in [-0.05, 0) is 67.4 Å². The van der Waals surface area contributed by atoms with Crippen molar-refractivity contribution in [2.24, 2.45) is 22.2 Å². The van der Waals surface area contributed by atoms with Gasteiger partial charge in [-0.2, -0.15) is 0 Å². The van der Waals surface area contributed by atoms with Gasteiger partial charge in [0.05, 0.1) is 11.1 Å². The van der Waals surface area contributed by atoms with E-state index >= 15 is 0 Å². The lowest BCUT2D eigenvalue weighted by atomic mass is 9.40. The highest BCUT2D eigenvalue weighted by Crippen LogP contribution is 2.69. The highest BCUT2D eigenvalue weighted by Gasteiger charge is 2.62. The number of anilines is 1. The Morgan fingerprint density at radius 1 is 1.09 bits per heavy atom. The molecular weight excluding hydrogens is 277 g/mol. The van der Waals surface area contributed by atoms with Gasteiger partial charge in [-0.1, -0.05) is 26.0 Å². The van der Waals surface area contributed by atoms with Crippen LogP contribution in [0, 0.1) is 28.0 Å². The predicted molar refractivity (Wildman–Crippen MR) is 84.9 cm³/mol. The summed E-state index contributed by atoms with van der Waals surface area (Å²) in [5.74, 6) is 0.356. The van der Waals surface area contributed by atoms with Crippen molar-refractivity contribution < 1.29 is 9.18 Å². The monoisotopic (exact) mass is 301 g/mol. The minimum absolute atomic E-state index is 0.0409. The van der Waals surface area contributed by atoms with E-state index in [0.29, 0.717) is 22.4 Å². The van der Waals surface area contributed by atoms with Crippen molar-refractivity contribution in [3.63, 3.8) is 0 Å². The first-order valence-corrected chi connectivity index (χ1v) is 8.38. The van der Waals surface area contributed by atoms with Gasteiger partial charge in [-0.15, -0.1) is 0 Å². The summed E-state index contributed by atoms with van der Waals surface area (Å²) in [6.45, 7) is 4.70. The third-order valence-corrected chi connectivity index (χ3v) is 6.23. The maximum atomic E-state index is 13.9. The quantitative estimate of drug-likeness (QED) is 0.838. The molecule has 1 N–H and O–H groups in total. The van der Waals surface area contributed by atoms with E-state index < -0.39 is 0 Å². The summed E-state index contributed by atoms with van der Waals surface area (Å²) in [6, 6.07) is 6.47. The van der Waals surface area contributed by atoms with Crippen LogP contribution in [-0.2, 0) is 4.79 Å².